The summed E-state index contributed by atoms with van der Waals surface area (Å²) in [6.07, 6.45) is 5.61. The van der Waals surface area contributed by atoms with E-state index in [2.05, 4.69) is 32.3 Å². The highest BCUT2D eigenvalue weighted by atomic mass is 31.0. The summed E-state index contributed by atoms with van der Waals surface area (Å²) in [7, 11) is 6.01. The molecule has 4 heteroatoms. The molecule has 1 fully saturated rings. The lowest BCUT2D eigenvalue weighted by Gasteiger charge is -2.34. The topological polar surface area (TPSA) is 37.3 Å². The van der Waals surface area contributed by atoms with Crippen LogP contribution in [0.5, 0.6) is 0 Å². The monoisotopic (exact) mass is 250 g/mol. The second kappa shape index (κ2) is 8.48. The molecular weight excluding hydrogens is 226 g/mol. The van der Waals surface area contributed by atoms with Crippen molar-refractivity contribution in [1.82, 2.24) is 0 Å². The van der Waals surface area contributed by atoms with Gasteiger partial charge in [-0.3, -0.25) is 4.79 Å². The van der Waals surface area contributed by atoms with Gasteiger partial charge in [0.2, 0.25) is 0 Å². The Morgan fingerprint density at radius 1 is 1.33 bits per heavy atom. The molecule has 0 bridgehead atoms. The lowest BCUT2D eigenvalue weighted by molar-refractivity contribution is -0.122. The maximum atomic E-state index is 8.36. The fourth-order valence-electron chi connectivity index (χ4n) is 2.25. The van der Waals surface area contributed by atoms with Crippen molar-refractivity contribution in [2.45, 2.75) is 50.8 Å². The van der Waals surface area contributed by atoms with Crippen LogP contribution in [-0.4, -0.2) is 22.9 Å². The summed E-state index contributed by atoms with van der Waals surface area (Å²) in [6.45, 7) is 4.47. The molecule has 0 aliphatic heterocycles. The summed E-state index contributed by atoms with van der Waals surface area (Å²) in [5.41, 5.74) is 1.75. The number of rotatable bonds is 2. The van der Waals surface area contributed by atoms with Crippen LogP contribution in [0.3, 0.4) is 0 Å². The first-order valence-corrected chi connectivity index (χ1v) is 6.97. The number of carbonyl (C=O) groups is 1. The molecule has 2 nitrogen and oxygen atoms in total. The van der Waals surface area contributed by atoms with E-state index in [-0.39, 0.29) is 6.47 Å². The van der Waals surface area contributed by atoms with Crippen LogP contribution in [0.1, 0.15) is 39.5 Å². The highest BCUT2D eigenvalue weighted by Gasteiger charge is 2.26. The molecule has 1 aliphatic carbocycles. The highest BCUT2D eigenvalue weighted by molar-refractivity contribution is 7.19. The Labute approximate surface area is 98.0 Å². The molecular formula is C11H24O2P2. The zero-order valence-electron chi connectivity index (χ0n) is 9.73. The summed E-state index contributed by atoms with van der Waals surface area (Å²) < 4.78 is 0. The first kappa shape index (κ1) is 15.3. The van der Waals surface area contributed by atoms with Gasteiger partial charge in [0.1, 0.15) is 0 Å². The minimum atomic E-state index is -0.250. The molecule has 1 rings (SSSR count). The smallest absolute Gasteiger partial charge is 0.290 e. The highest BCUT2D eigenvalue weighted by Crippen LogP contribution is 2.37. The average molecular weight is 250 g/mol. The number of hydrogen-bond donors (Lipinski definition) is 1. The lowest BCUT2D eigenvalue weighted by Crippen LogP contribution is -2.26. The van der Waals surface area contributed by atoms with Crippen LogP contribution >= 0.6 is 18.5 Å². The molecule has 5 atom stereocenters. The molecule has 1 aliphatic rings. The first-order valence-electron chi connectivity index (χ1n) is 5.64. The Morgan fingerprint density at radius 2 is 1.73 bits per heavy atom. The molecule has 0 aromatic heterocycles. The van der Waals surface area contributed by atoms with Crippen molar-refractivity contribution in [3.8, 4) is 0 Å². The third-order valence-corrected chi connectivity index (χ3v) is 4.35. The van der Waals surface area contributed by atoms with Crippen LogP contribution in [0.25, 0.3) is 0 Å². The Hall–Kier alpha value is 0.330. The van der Waals surface area contributed by atoms with Gasteiger partial charge in [-0.15, -0.1) is 18.5 Å². The van der Waals surface area contributed by atoms with E-state index < -0.39 is 0 Å². The van der Waals surface area contributed by atoms with E-state index in [0.29, 0.717) is 0 Å². The van der Waals surface area contributed by atoms with Crippen LogP contribution in [0.15, 0.2) is 0 Å². The van der Waals surface area contributed by atoms with E-state index in [9.17, 15) is 0 Å². The van der Waals surface area contributed by atoms with E-state index in [4.69, 9.17) is 9.90 Å². The molecule has 0 spiro atoms. The molecule has 0 saturated heterocycles. The maximum absolute atomic E-state index is 8.36. The van der Waals surface area contributed by atoms with Gasteiger partial charge in [0.05, 0.1) is 0 Å². The quantitative estimate of drug-likeness (QED) is 0.604. The minimum Gasteiger partial charge on any atom is -0.483 e. The second-order valence-corrected chi connectivity index (χ2v) is 6.36. The fraction of sp³-hybridized carbons (Fsp3) is 0.909. The summed E-state index contributed by atoms with van der Waals surface area (Å²) in [4.78, 5) is 8.36. The molecule has 0 heterocycles. The zero-order valence-corrected chi connectivity index (χ0v) is 12.0. The summed E-state index contributed by atoms with van der Waals surface area (Å²) in [5.74, 6) is 1.91. The summed E-state index contributed by atoms with van der Waals surface area (Å²) in [5, 5.41) is 6.89. The van der Waals surface area contributed by atoms with Crippen molar-refractivity contribution >= 4 is 25.0 Å². The van der Waals surface area contributed by atoms with E-state index in [1.54, 1.807) is 0 Å². The molecule has 0 aromatic carbocycles. The molecule has 0 amide bonds. The number of carboxylic acid groups (broad SMARTS) is 1. The van der Waals surface area contributed by atoms with Gasteiger partial charge in [-0.1, -0.05) is 20.3 Å². The predicted molar refractivity (Wildman–Crippen MR) is 72.5 cm³/mol. The fourth-order valence-corrected chi connectivity index (χ4v) is 3.97. The molecule has 0 aromatic rings. The maximum Gasteiger partial charge on any atom is 0.290 e. The lowest BCUT2D eigenvalue weighted by atomic mass is 9.79. The molecule has 90 valence electrons. The second-order valence-electron chi connectivity index (χ2n) is 4.48. The van der Waals surface area contributed by atoms with Gasteiger partial charge in [0.15, 0.2) is 0 Å². The van der Waals surface area contributed by atoms with Gasteiger partial charge >= 0.3 is 0 Å². The van der Waals surface area contributed by atoms with Gasteiger partial charge in [0, 0.05) is 0 Å². The molecule has 15 heavy (non-hydrogen) atoms. The zero-order chi connectivity index (χ0) is 11.8. The van der Waals surface area contributed by atoms with Crippen LogP contribution in [0.4, 0.5) is 0 Å². The van der Waals surface area contributed by atoms with Gasteiger partial charge in [-0.25, -0.2) is 0 Å². The Balaban J connectivity index is 0.000000583. The van der Waals surface area contributed by atoms with Crippen molar-refractivity contribution in [2.75, 3.05) is 0 Å². The minimum absolute atomic E-state index is 0.250. The Bertz CT molecular complexity index is 166. The molecule has 1 saturated carbocycles. The van der Waals surface area contributed by atoms with E-state index in [1.165, 1.54) is 25.7 Å². The van der Waals surface area contributed by atoms with Gasteiger partial charge < -0.3 is 5.11 Å². The van der Waals surface area contributed by atoms with E-state index in [0.717, 1.165) is 23.2 Å². The standard InChI is InChI=1S/C10H22P2.CH2O2/c1-3-7(2)8-4-9(11)6-10(12)5-8;2-1-3/h7-10H,3-6,11-12H2,1-2H3;1H,(H,2,3). The van der Waals surface area contributed by atoms with Crippen molar-refractivity contribution in [3.63, 3.8) is 0 Å². The summed E-state index contributed by atoms with van der Waals surface area (Å²) >= 11 is 0. The average Bonchev–Trinajstić information content (AvgIpc) is 2.16. The Morgan fingerprint density at radius 3 is 2.07 bits per heavy atom. The van der Waals surface area contributed by atoms with Crippen LogP contribution < -0.4 is 0 Å². The SMILES string of the molecule is CCC(C)C1CC(P)CC(P)C1.O=CO. The molecule has 5 unspecified atom stereocenters. The van der Waals surface area contributed by atoms with Crippen molar-refractivity contribution in [1.29, 1.82) is 0 Å². The summed E-state index contributed by atoms with van der Waals surface area (Å²) in [6, 6.07) is 0. The van der Waals surface area contributed by atoms with Crippen molar-refractivity contribution in [3.05, 3.63) is 0 Å². The largest absolute Gasteiger partial charge is 0.483 e. The van der Waals surface area contributed by atoms with Crippen molar-refractivity contribution in [2.24, 2.45) is 11.8 Å². The van der Waals surface area contributed by atoms with Gasteiger partial charge in [-0.2, -0.15) is 0 Å². The molecule has 1 N–H and O–H groups in total. The van der Waals surface area contributed by atoms with E-state index in [1.807, 2.05) is 0 Å². The molecule has 0 radical (unpaired) electrons. The van der Waals surface area contributed by atoms with Crippen LogP contribution in [-0.2, 0) is 4.79 Å². The van der Waals surface area contributed by atoms with Crippen molar-refractivity contribution < 1.29 is 9.90 Å². The first-order chi connectivity index (χ1) is 7.04. The van der Waals surface area contributed by atoms with Gasteiger partial charge in [0.25, 0.3) is 6.47 Å². The normalized spacial score (nSPS) is 32.4. The number of hydrogen-bond acceptors (Lipinski definition) is 1. The third kappa shape index (κ3) is 6.48. The third-order valence-electron chi connectivity index (χ3n) is 3.27. The van der Waals surface area contributed by atoms with Crippen LogP contribution in [0.2, 0.25) is 0 Å². The van der Waals surface area contributed by atoms with E-state index >= 15 is 0 Å². The Kier molecular flexibility index (Phi) is 8.66. The van der Waals surface area contributed by atoms with Crippen LogP contribution in [0, 0.1) is 11.8 Å². The van der Waals surface area contributed by atoms with Gasteiger partial charge in [-0.05, 0) is 42.4 Å². The predicted octanol–water partition coefficient (Wildman–Crippen LogP) is 3.02.